The number of hydrogen-bond acceptors (Lipinski definition) is 2. The highest BCUT2D eigenvalue weighted by Crippen LogP contribution is 2.17. The molecule has 4 aromatic rings. The Morgan fingerprint density at radius 1 is 0.833 bits per heavy atom. The standard InChI is InChI=1S/C25H26N4O/c1-16-4-12-22-23(14-16)29-24(28-22)13-8-19-6-10-20(11-7-19)26-25(30)27-21-9-5-17(2)18(3)15-21/h4-7,9-12,14-15H,8,13H2,1-3H3,(H,28,29)(H2,26,27,30). The summed E-state index contributed by atoms with van der Waals surface area (Å²) in [6.07, 6.45) is 1.72. The molecule has 3 aromatic carbocycles. The summed E-state index contributed by atoms with van der Waals surface area (Å²) < 4.78 is 0. The van der Waals surface area contributed by atoms with Crippen molar-refractivity contribution in [1.29, 1.82) is 0 Å². The highest BCUT2D eigenvalue weighted by molar-refractivity contribution is 5.99. The maximum Gasteiger partial charge on any atom is 0.323 e. The molecule has 0 unspecified atom stereocenters. The van der Waals surface area contributed by atoms with E-state index in [1.807, 2.05) is 55.5 Å². The second-order valence-corrected chi connectivity index (χ2v) is 7.78. The van der Waals surface area contributed by atoms with Gasteiger partial charge in [0.05, 0.1) is 11.0 Å². The van der Waals surface area contributed by atoms with E-state index in [0.717, 1.165) is 46.6 Å². The molecule has 152 valence electrons. The van der Waals surface area contributed by atoms with Crippen molar-refractivity contribution in [2.45, 2.75) is 33.6 Å². The normalized spacial score (nSPS) is 10.9. The summed E-state index contributed by atoms with van der Waals surface area (Å²) in [5.74, 6) is 0.991. The average molecular weight is 399 g/mol. The fourth-order valence-electron chi connectivity index (χ4n) is 3.42. The van der Waals surface area contributed by atoms with Crippen LogP contribution in [0.5, 0.6) is 0 Å². The number of urea groups is 1. The molecule has 30 heavy (non-hydrogen) atoms. The van der Waals surface area contributed by atoms with Crippen LogP contribution in [0.2, 0.25) is 0 Å². The first-order chi connectivity index (χ1) is 14.5. The second kappa shape index (κ2) is 8.41. The summed E-state index contributed by atoms with van der Waals surface area (Å²) in [6, 6.07) is 19.8. The van der Waals surface area contributed by atoms with E-state index >= 15 is 0 Å². The van der Waals surface area contributed by atoms with Crippen LogP contribution in [-0.4, -0.2) is 16.0 Å². The Hall–Kier alpha value is -3.60. The Bertz CT molecular complexity index is 1190. The number of amides is 2. The third-order valence-electron chi connectivity index (χ3n) is 5.31. The molecule has 0 aliphatic heterocycles. The summed E-state index contributed by atoms with van der Waals surface area (Å²) in [4.78, 5) is 20.3. The van der Waals surface area contributed by atoms with E-state index in [0.29, 0.717) is 0 Å². The topological polar surface area (TPSA) is 69.8 Å². The van der Waals surface area contributed by atoms with Crippen molar-refractivity contribution in [3.05, 3.63) is 88.7 Å². The van der Waals surface area contributed by atoms with Crippen molar-refractivity contribution in [2.75, 3.05) is 10.6 Å². The number of aromatic nitrogens is 2. The number of carbonyl (C=O) groups is 1. The SMILES string of the molecule is Cc1ccc2nc(CCc3ccc(NC(=O)Nc4ccc(C)c(C)c4)cc3)[nH]c2c1. The number of benzene rings is 3. The van der Waals surface area contributed by atoms with E-state index in [2.05, 4.69) is 46.6 Å². The number of imidazole rings is 1. The summed E-state index contributed by atoms with van der Waals surface area (Å²) in [7, 11) is 0. The fraction of sp³-hybridized carbons (Fsp3) is 0.200. The number of carbonyl (C=O) groups excluding carboxylic acids is 1. The van der Waals surface area contributed by atoms with Gasteiger partial charge in [-0.1, -0.05) is 24.3 Å². The van der Waals surface area contributed by atoms with Crippen LogP contribution in [0.25, 0.3) is 11.0 Å². The second-order valence-electron chi connectivity index (χ2n) is 7.78. The Morgan fingerprint density at radius 2 is 1.57 bits per heavy atom. The molecule has 0 aliphatic rings. The van der Waals surface area contributed by atoms with Gasteiger partial charge >= 0.3 is 6.03 Å². The monoisotopic (exact) mass is 398 g/mol. The van der Waals surface area contributed by atoms with Gasteiger partial charge in [-0.25, -0.2) is 9.78 Å². The van der Waals surface area contributed by atoms with E-state index in [1.165, 1.54) is 16.7 Å². The number of nitrogens with one attached hydrogen (secondary N) is 3. The number of aromatic amines is 1. The van der Waals surface area contributed by atoms with Gasteiger partial charge < -0.3 is 15.6 Å². The zero-order valence-electron chi connectivity index (χ0n) is 17.5. The molecule has 4 rings (SSSR count). The maximum atomic E-state index is 12.2. The first-order valence-corrected chi connectivity index (χ1v) is 10.2. The van der Waals surface area contributed by atoms with Crippen molar-refractivity contribution >= 4 is 28.4 Å². The van der Waals surface area contributed by atoms with Crippen molar-refractivity contribution in [2.24, 2.45) is 0 Å². The molecular formula is C25H26N4O. The number of hydrogen-bond donors (Lipinski definition) is 3. The molecule has 0 saturated heterocycles. The molecule has 3 N–H and O–H groups in total. The van der Waals surface area contributed by atoms with E-state index in [9.17, 15) is 4.79 Å². The highest BCUT2D eigenvalue weighted by atomic mass is 16.2. The Labute approximate surface area is 176 Å². The zero-order valence-corrected chi connectivity index (χ0v) is 17.5. The first kappa shape index (κ1) is 19.7. The van der Waals surface area contributed by atoms with E-state index in [4.69, 9.17) is 0 Å². The van der Waals surface area contributed by atoms with Crippen LogP contribution < -0.4 is 10.6 Å². The Morgan fingerprint density at radius 3 is 2.33 bits per heavy atom. The molecule has 0 radical (unpaired) electrons. The lowest BCUT2D eigenvalue weighted by atomic mass is 10.1. The number of anilines is 2. The predicted octanol–water partition coefficient (Wildman–Crippen LogP) is 5.92. The number of fused-ring (bicyclic) bond motifs is 1. The molecule has 2 amide bonds. The van der Waals surface area contributed by atoms with Gasteiger partial charge in [-0.3, -0.25) is 0 Å². The molecule has 5 heteroatoms. The van der Waals surface area contributed by atoms with Crippen molar-refractivity contribution in [3.63, 3.8) is 0 Å². The van der Waals surface area contributed by atoms with Gasteiger partial charge in [0.15, 0.2) is 0 Å². The Kier molecular flexibility index (Phi) is 5.53. The maximum absolute atomic E-state index is 12.2. The van der Waals surface area contributed by atoms with Crippen LogP contribution in [0.4, 0.5) is 16.2 Å². The van der Waals surface area contributed by atoms with Crippen molar-refractivity contribution in [1.82, 2.24) is 9.97 Å². The van der Waals surface area contributed by atoms with E-state index < -0.39 is 0 Å². The van der Waals surface area contributed by atoms with Crippen LogP contribution in [0, 0.1) is 20.8 Å². The lowest BCUT2D eigenvalue weighted by molar-refractivity contribution is 0.262. The van der Waals surface area contributed by atoms with Crippen LogP contribution in [0.3, 0.4) is 0 Å². The minimum atomic E-state index is -0.247. The average Bonchev–Trinajstić information content (AvgIpc) is 3.12. The molecule has 0 fully saturated rings. The number of rotatable bonds is 5. The quantitative estimate of drug-likeness (QED) is 0.391. The molecule has 0 atom stereocenters. The highest BCUT2D eigenvalue weighted by Gasteiger charge is 2.06. The lowest BCUT2D eigenvalue weighted by Gasteiger charge is -2.10. The molecule has 1 aromatic heterocycles. The van der Waals surface area contributed by atoms with Gasteiger partial charge in [-0.2, -0.15) is 0 Å². The van der Waals surface area contributed by atoms with Crippen molar-refractivity contribution in [3.8, 4) is 0 Å². The van der Waals surface area contributed by atoms with Gasteiger partial charge in [-0.15, -0.1) is 0 Å². The summed E-state index contributed by atoms with van der Waals surface area (Å²) in [6.45, 7) is 6.16. The molecule has 5 nitrogen and oxygen atoms in total. The largest absolute Gasteiger partial charge is 0.342 e. The summed E-state index contributed by atoms with van der Waals surface area (Å²) >= 11 is 0. The van der Waals surface area contributed by atoms with Crippen LogP contribution in [0.15, 0.2) is 60.7 Å². The van der Waals surface area contributed by atoms with Gasteiger partial charge in [0.25, 0.3) is 0 Å². The van der Waals surface area contributed by atoms with E-state index in [1.54, 1.807) is 0 Å². The minimum absolute atomic E-state index is 0.247. The molecular weight excluding hydrogens is 372 g/mol. The molecule has 0 saturated carbocycles. The molecule has 0 spiro atoms. The van der Waals surface area contributed by atoms with Crippen molar-refractivity contribution < 1.29 is 4.79 Å². The fourth-order valence-corrected chi connectivity index (χ4v) is 3.42. The van der Waals surface area contributed by atoms with E-state index in [-0.39, 0.29) is 6.03 Å². The Balaban J connectivity index is 1.32. The predicted molar refractivity (Wildman–Crippen MR) is 123 cm³/mol. The third-order valence-corrected chi connectivity index (χ3v) is 5.31. The molecule has 0 bridgehead atoms. The smallest absolute Gasteiger partial charge is 0.323 e. The molecule has 0 aliphatic carbocycles. The minimum Gasteiger partial charge on any atom is -0.342 e. The van der Waals surface area contributed by atoms with Gasteiger partial charge in [0, 0.05) is 17.8 Å². The first-order valence-electron chi connectivity index (χ1n) is 10.2. The third kappa shape index (κ3) is 4.69. The zero-order chi connectivity index (χ0) is 21.1. The molecule has 1 heterocycles. The summed E-state index contributed by atoms with van der Waals surface area (Å²) in [5, 5.41) is 5.75. The van der Waals surface area contributed by atoms with Crippen LogP contribution in [-0.2, 0) is 12.8 Å². The summed E-state index contributed by atoms with van der Waals surface area (Å²) in [5.41, 5.74) is 8.41. The van der Waals surface area contributed by atoms with Crippen LogP contribution in [0.1, 0.15) is 28.1 Å². The van der Waals surface area contributed by atoms with Crippen LogP contribution >= 0.6 is 0 Å². The van der Waals surface area contributed by atoms with Gasteiger partial charge in [-0.05, 0) is 85.8 Å². The van der Waals surface area contributed by atoms with Gasteiger partial charge in [0.1, 0.15) is 5.82 Å². The number of nitrogens with zero attached hydrogens (tertiary/aromatic N) is 1. The van der Waals surface area contributed by atoms with Gasteiger partial charge in [0.2, 0.25) is 0 Å². The number of aryl methyl sites for hydroxylation is 5. The number of H-pyrrole nitrogens is 1. The lowest BCUT2D eigenvalue weighted by Crippen LogP contribution is -2.19.